The molecule has 2 aromatic heterocycles. The molecule has 0 bridgehead atoms. The van der Waals surface area contributed by atoms with Crippen molar-refractivity contribution in [2.75, 3.05) is 5.73 Å². The zero-order valence-electron chi connectivity index (χ0n) is 14.3. The summed E-state index contributed by atoms with van der Waals surface area (Å²) in [6.07, 6.45) is 3.27. The summed E-state index contributed by atoms with van der Waals surface area (Å²) >= 11 is 0. The number of rotatable bonds is 5. The third-order valence-corrected chi connectivity index (χ3v) is 4.30. The lowest BCUT2D eigenvalue weighted by atomic mass is 10.0. The molecule has 7 heteroatoms. The highest BCUT2D eigenvalue weighted by atomic mass is 19.1. The Kier molecular flexibility index (Phi) is 4.33. The monoisotopic (exact) mass is 361 g/mol. The van der Waals surface area contributed by atoms with Crippen molar-refractivity contribution in [2.24, 2.45) is 0 Å². The Morgan fingerprint density at radius 2 is 1.93 bits per heavy atom. The number of fused-ring (bicyclic) bond motifs is 1. The molecular weight excluding hydrogens is 345 g/mol. The highest BCUT2D eigenvalue weighted by Crippen LogP contribution is 2.20. The highest BCUT2D eigenvalue weighted by Gasteiger charge is 2.12. The second kappa shape index (κ2) is 6.95. The molecule has 6 nitrogen and oxygen atoms in total. The molecule has 0 radical (unpaired) electrons. The maximum absolute atomic E-state index is 13.7. The number of nitrogen functional groups attached to an aromatic ring is 1. The minimum Gasteiger partial charge on any atom is -0.383 e. The normalized spacial score (nSPS) is 11.0. The summed E-state index contributed by atoms with van der Waals surface area (Å²) < 4.78 is 15.4. The van der Waals surface area contributed by atoms with Crippen molar-refractivity contribution in [3.05, 3.63) is 78.0 Å². The molecule has 134 valence electrons. The topological polar surface area (TPSA) is 86.7 Å². The van der Waals surface area contributed by atoms with Gasteiger partial charge in [-0.3, -0.25) is 4.79 Å². The van der Waals surface area contributed by atoms with Crippen LogP contribution in [0.15, 0.2) is 61.1 Å². The van der Waals surface area contributed by atoms with Gasteiger partial charge in [0.1, 0.15) is 23.7 Å². The number of aromatic nitrogens is 4. The van der Waals surface area contributed by atoms with E-state index in [0.717, 1.165) is 11.3 Å². The highest BCUT2D eigenvalue weighted by molar-refractivity contribution is 5.86. The minimum atomic E-state index is -0.361. The number of hydrogen-bond donors (Lipinski definition) is 1. The predicted molar refractivity (Wildman–Crippen MR) is 99.9 cm³/mol. The molecule has 27 heavy (non-hydrogen) atoms. The van der Waals surface area contributed by atoms with E-state index in [-0.39, 0.29) is 24.4 Å². The Morgan fingerprint density at radius 3 is 2.78 bits per heavy atom. The largest absolute Gasteiger partial charge is 0.383 e. The summed E-state index contributed by atoms with van der Waals surface area (Å²) in [5, 5.41) is 4.99. The van der Waals surface area contributed by atoms with Gasteiger partial charge in [-0.05, 0) is 29.3 Å². The van der Waals surface area contributed by atoms with Gasteiger partial charge in [0.25, 0.3) is 0 Å². The van der Waals surface area contributed by atoms with Crippen LogP contribution in [0.25, 0.3) is 16.7 Å². The van der Waals surface area contributed by atoms with E-state index in [1.165, 1.54) is 12.4 Å². The van der Waals surface area contributed by atoms with Crippen LogP contribution in [0, 0.1) is 5.82 Å². The molecule has 2 heterocycles. The molecule has 0 atom stereocenters. The van der Waals surface area contributed by atoms with Crippen molar-refractivity contribution in [1.82, 2.24) is 19.7 Å². The second-order valence-electron chi connectivity index (χ2n) is 6.21. The van der Waals surface area contributed by atoms with E-state index < -0.39 is 0 Å². The number of nitrogens with zero attached hydrogens (tertiary/aromatic N) is 4. The number of nitrogens with two attached hydrogens (primary N) is 1. The summed E-state index contributed by atoms with van der Waals surface area (Å²) in [6, 6.07) is 13.8. The summed E-state index contributed by atoms with van der Waals surface area (Å²) in [4.78, 5) is 20.6. The van der Waals surface area contributed by atoms with Gasteiger partial charge in [-0.2, -0.15) is 5.10 Å². The first-order chi connectivity index (χ1) is 13.1. The van der Waals surface area contributed by atoms with Gasteiger partial charge in [0.2, 0.25) is 0 Å². The quantitative estimate of drug-likeness (QED) is 0.591. The van der Waals surface area contributed by atoms with Crippen molar-refractivity contribution < 1.29 is 9.18 Å². The molecule has 0 spiro atoms. The van der Waals surface area contributed by atoms with Gasteiger partial charge in [-0.15, -0.1) is 0 Å². The predicted octanol–water partition coefficient (Wildman–Crippen LogP) is 2.89. The number of benzene rings is 2. The molecule has 2 N–H and O–H groups in total. The maximum atomic E-state index is 13.7. The fourth-order valence-electron chi connectivity index (χ4n) is 2.99. The number of Topliss-reactive ketones (excluding diaryl/α,β-unsaturated/α-hetero) is 1. The van der Waals surface area contributed by atoms with E-state index in [0.29, 0.717) is 22.4 Å². The Balaban J connectivity index is 1.58. The Bertz CT molecular complexity index is 1140. The lowest BCUT2D eigenvalue weighted by Gasteiger charge is -2.07. The third-order valence-electron chi connectivity index (χ3n) is 4.30. The number of ketones is 1. The molecular formula is C20H16FN5O. The summed E-state index contributed by atoms with van der Waals surface area (Å²) in [6.45, 7) is 0. The van der Waals surface area contributed by atoms with Gasteiger partial charge in [0.05, 0.1) is 17.3 Å². The Morgan fingerprint density at radius 1 is 1.07 bits per heavy atom. The summed E-state index contributed by atoms with van der Waals surface area (Å²) in [7, 11) is 0. The van der Waals surface area contributed by atoms with Crippen molar-refractivity contribution in [3.63, 3.8) is 0 Å². The molecule has 0 unspecified atom stereocenters. The first-order valence-corrected chi connectivity index (χ1v) is 8.40. The lowest BCUT2D eigenvalue weighted by molar-refractivity contribution is -0.117. The number of carbonyl (C=O) groups excluding carboxylic acids is 1. The van der Waals surface area contributed by atoms with Crippen molar-refractivity contribution in [2.45, 2.75) is 12.8 Å². The van der Waals surface area contributed by atoms with E-state index in [4.69, 9.17) is 5.73 Å². The van der Waals surface area contributed by atoms with Gasteiger partial charge >= 0.3 is 0 Å². The zero-order valence-corrected chi connectivity index (χ0v) is 14.3. The Hall–Kier alpha value is -3.61. The molecule has 4 rings (SSSR count). The van der Waals surface area contributed by atoms with Crippen LogP contribution in [0.4, 0.5) is 10.2 Å². The van der Waals surface area contributed by atoms with Crippen LogP contribution in [0.2, 0.25) is 0 Å². The van der Waals surface area contributed by atoms with E-state index >= 15 is 0 Å². The second-order valence-corrected chi connectivity index (χ2v) is 6.21. The van der Waals surface area contributed by atoms with Crippen LogP contribution in [0.1, 0.15) is 11.1 Å². The van der Waals surface area contributed by atoms with Gasteiger partial charge in [0.15, 0.2) is 5.65 Å². The molecule has 0 saturated heterocycles. The molecule has 0 fully saturated rings. The maximum Gasteiger partial charge on any atom is 0.168 e. The van der Waals surface area contributed by atoms with E-state index in [9.17, 15) is 9.18 Å². The molecule has 0 aliphatic rings. The van der Waals surface area contributed by atoms with Crippen LogP contribution in [-0.2, 0) is 17.6 Å². The van der Waals surface area contributed by atoms with E-state index in [2.05, 4.69) is 15.1 Å². The van der Waals surface area contributed by atoms with Crippen molar-refractivity contribution in [3.8, 4) is 5.69 Å². The number of carbonyl (C=O) groups is 1. The van der Waals surface area contributed by atoms with Crippen LogP contribution in [-0.4, -0.2) is 25.5 Å². The molecule has 0 amide bonds. The van der Waals surface area contributed by atoms with Crippen molar-refractivity contribution >= 4 is 22.6 Å². The average molecular weight is 361 g/mol. The lowest BCUT2D eigenvalue weighted by Crippen LogP contribution is -2.08. The SMILES string of the molecule is Nc1ncnc2c1cnn2-c1cccc(CC(=O)Cc2ccccc2F)c1. The van der Waals surface area contributed by atoms with Gasteiger partial charge in [0, 0.05) is 12.8 Å². The fourth-order valence-corrected chi connectivity index (χ4v) is 2.99. The third kappa shape index (κ3) is 3.39. The molecule has 2 aromatic carbocycles. The summed E-state index contributed by atoms with van der Waals surface area (Å²) in [5.41, 5.74) is 8.43. The smallest absolute Gasteiger partial charge is 0.168 e. The molecule has 0 saturated carbocycles. The fraction of sp³-hybridized carbons (Fsp3) is 0.100. The van der Waals surface area contributed by atoms with Gasteiger partial charge in [-0.1, -0.05) is 30.3 Å². The van der Waals surface area contributed by atoms with E-state index in [1.807, 2.05) is 24.3 Å². The first-order valence-electron chi connectivity index (χ1n) is 8.40. The minimum absolute atomic E-state index is 0.0609. The number of hydrogen-bond acceptors (Lipinski definition) is 5. The molecule has 0 aliphatic heterocycles. The van der Waals surface area contributed by atoms with E-state index in [1.54, 1.807) is 29.1 Å². The zero-order chi connectivity index (χ0) is 18.8. The van der Waals surface area contributed by atoms with Crippen molar-refractivity contribution in [1.29, 1.82) is 0 Å². The number of anilines is 1. The van der Waals surface area contributed by atoms with Crippen LogP contribution < -0.4 is 5.73 Å². The number of halogens is 1. The van der Waals surface area contributed by atoms with Crippen LogP contribution >= 0.6 is 0 Å². The standard InChI is InChI=1S/C20H16FN5O/c21-18-7-2-1-5-14(18)10-16(27)9-13-4-3-6-15(8-13)26-20-17(11-25-26)19(22)23-12-24-20/h1-8,11-12H,9-10H2,(H2,22,23,24). The summed E-state index contributed by atoms with van der Waals surface area (Å²) in [5.74, 6) is -0.0588. The molecule has 0 aliphatic carbocycles. The van der Waals surface area contributed by atoms with Gasteiger partial charge < -0.3 is 5.73 Å². The van der Waals surface area contributed by atoms with Gasteiger partial charge in [-0.25, -0.2) is 19.0 Å². The van der Waals surface area contributed by atoms with Crippen LogP contribution in [0.3, 0.4) is 0 Å². The average Bonchev–Trinajstić information content (AvgIpc) is 3.09. The first kappa shape index (κ1) is 16.8. The van der Waals surface area contributed by atoms with Crippen LogP contribution in [0.5, 0.6) is 0 Å². The molecule has 4 aromatic rings. The Labute approximate surface area is 154 Å².